The van der Waals surface area contributed by atoms with Crippen molar-refractivity contribution < 1.29 is 4.79 Å². The molecule has 0 saturated heterocycles. The molecule has 0 saturated carbocycles. The number of hydrogen-bond donors (Lipinski definition) is 1. The molecule has 0 aliphatic carbocycles. The van der Waals surface area contributed by atoms with Gasteiger partial charge in [-0.15, -0.1) is 0 Å². The summed E-state index contributed by atoms with van der Waals surface area (Å²) in [7, 11) is 3.37. The van der Waals surface area contributed by atoms with Crippen molar-refractivity contribution in [3.63, 3.8) is 0 Å². The Labute approximate surface area is 122 Å². The Morgan fingerprint density at radius 1 is 1.25 bits per heavy atom. The van der Waals surface area contributed by atoms with Crippen molar-refractivity contribution in [2.24, 2.45) is 0 Å². The number of nitrogens with zero attached hydrogens (tertiary/aromatic N) is 3. The van der Waals surface area contributed by atoms with Gasteiger partial charge in [-0.25, -0.2) is 4.79 Å². The molecule has 1 atom stereocenters. The van der Waals surface area contributed by atoms with Crippen molar-refractivity contribution in [3.05, 3.63) is 59.1 Å². The number of hydrogen-bond acceptors (Lipinski definition) is 3. The monoisotopic (exact) mass is 290 g/mol. The van der Waals surface area contributed by atoms with Crippen molar-refractivity contribution in [2.45, 2.75) is 6.04 Å². The van der Waals surface area contributed by atoms with Gasteiger partial charge in [0.05, 0.1) is 17.9 Å². The van der Waals surface area contributed by atoms with E-state index in [2.05, 4.69) is 15.3 Å². The van der Waals surface area contributed by atoms with Crippen molar-refractivity contribution in [2.75, 3.05) is 14.1 Å². The molecule has 0 bridgehead atoms. The first-order valence-corrected chi connectivity index (χ1v) is 6.45. The number of amides is 2. The van der Waals surface area contributed by atoms with Crippen LogP contribution in [0.5, 0.6) is 0 Å². The lowest BCUT2D eigenvalue weighted by Crippen LogP contribution is -2.37. The Morgan fingerprint density at radius 2 is 1.95 bits per heavy atom. The predicted molar refractivity (Wildman–Crippen MR) is 77.5 cm³/mol. The number of carbonyl (C=O) groups excluding carboxylic acids is 1. The third-order valence-electron chi connectivity index (χ3n) is 2.76. The quantitative estimate of drug-likeness (QED) is 0.945. The summed E-state index contributed by atoms with van der Waals surface area (Å²) in [5, 5.41) is 3.55. The van der Waals surface area contributed by atoms with E-state index in [1.807, 2.05) is 12.1 Å². The Kier molecular flexibility index (Phi) is 4.53. The number of aromatic nitrogens is 2. The lowest BCUT2D eigenvalue weighted by molar-refractivity contribution is 0.214. The minimum atomic E-state index is -0.365. The third kappa shape index (κ3) is 3.45. The minimum absolute atomic E-state index is 0.199. The largest absolute Gasteiger partial charge is 0.331 e. The van der Waals surface area contributed by atoms with Crippen LogP contribution < -0.4 is 5.32 Å². The van der Waals surface area contributed by atoms with Crippen LogP contribution in [0.3, 0.4) is 0 Å². The summed E-state index contributed by atoms with van der Waals surface area (Å²) in [4.78, 5) is 21.7. The lowest BCUT2D eigenvalue weighted by Gasteiger charge is -2.21. The zero-order chi connectivity index (χ0) is 14.5. The van der Waals surface area contributed by atoms with Crippen LogP contribution >= 0.6 is 11.6 Å². The summed E-state index contributed by atoms with van der Waals surface area (Å²) in [5.74, 6) is 0. The molecule has 0 radical (unpaired) electrons. The highest BCUT2D eigenvalue weighted by Crippen LogP contribution is 2.21. The van der Waals surface area contributed by atoms with Crippen molar-refractivity contribution in [3.8, 4) is 0 Å². The summed E-state index contributed by atoms with van der Waals surface area (Å²) >= 11 is 5.90. The van der Waals surface area contributed by atoms with E-state index in [9.17, 15) is 4.79 Å². The number of carbonyl (C=O) groups is 1. The molecule has 2 amide bonds. The fourth-order valence-corrected chi connectivity index (χ4v) is 1.82. The molecule has 6 heteroatoms. The van der Waals surface area contributed by atoms with Gasteiger partial charge in [0.2, 0.25) is 0 Å². The minimum Gasteiger partial charge on any atom is -0.331 e. The number of urea groups is 1. The predicted octanol–water partition coefficient (Wildman–Crippen LogP) is 2.49. The highest BCUT2D eigenvalue weighted by atomic mass is 35.5. The van der Waals surface area contributed by atoms with E-state index >= 15 is 0 Å². The van der Waals surface area contributed by atoms with Gasteiger partial charge in [-0.2, -0.15) is 0 Å². The van der Waals surface area contributed by atoms with Gasteiger partial charge in [-0.05, 0) is 17.7 Å². The van der Waals surface area contributed by atoms with Crippen LogP contribution in [-0.2, 0) is 0 Å². The van der Waals surface area contributed by atoms with Gasteiger partial charge in [-0.1, -0.05) is 23.7 Å². The normalized spacial score (nSPS) is 11.8. The molecule has 2 rings (SSSR count). The molecule has 0 aliphatic heterocycles. The van der Waals surface area contributed by atoms with Crippen LogP contribution in [0.2, 0.25) is 5.02 Å². The third-order valence-corrected chi connectivity index (χ3v) is 3.01. The van der Waals surface area contributed by atoms with Crippen LogP contribution in [-0.4, -0.2) is 35.0 Å². The molecule has 20 heavy (non-hydrogen) atoms. The van der Waals surface area contributed by atoms with Crippen molar-refractivity contribution >= 4 is 17.6 Å². The summed E-state index contributed by atoms with van der Waals surface area (Å²) in [6.45, 7) is 0. The lowest BCUT2D eigenvalue weighted by atomic mass is 10.0. The van der Waals surface area contributed by atoms with E-state index < -0.39 is 0 Å². The zero-order valence-electron chi connectivity index (χ0n) is 11.2. The molecule has 1 aromatic carbocycles. The van der Waals surface area contributed by atoms with Crippen molar-refractivity contribution in [1.82, 2.24) is 20.2 Å². The topological polar surface area (TPSA) is 58.1 Å². The van der Waals surface area contributed by atoms with Gasteiger partial charge in [0, 0.05) is 31.5 Å². The Bertz CT molecular complexity index is 571. The molecular formula is C14H15ClN4O. The maximum absolute atomic E-state index is 11.9. The summed E-state index contributed by atoms with van der Waals surface area (Å²) in [6, 6.07) is 6.71. The van der Waals surface area contributed by atoms with E-state index in [-0.39, 0.29) is 12.1 Å². The molecule has 104 valence electrons. The van der Waals surface area contributed by atoms with Gasteiger partial charge < -0.3 is 10.2 Å². The second kappa shape index (κ2) is 6.34. The van der Waals surface area contributed by atoms with Crippen molar-refractivity contribution in [1.29, 1.82) is 0 Å². The Balaban J connectivity index is 2.34. The highest BCUT2D eigenvalue weighted by Gasteiger charge is 2.19. The van der Waals surface area contributed by atoms with Gasteiger partial charge >= 0.3 is 6.03 Å². The van der Waals surface area contributed by atoms with E-state index in [1.165, 1.54) is 4.90 Å². The second-order valence-corrected chi connectivity index (χ2v) is 4.90. The van der Waals surface area contributed by atoms with Gasteiger partial charge in [-0.3, -0.25) is 9.97 Å². The molecule has 1 aromatic heterocycles. The molecule has 5 nitrogen and oxygen atoms in total. The summed E-state index contributed by atoms with van der Waals surface area (Å²) in [5.41, 5.74) is 1.56. The standard InChI is InChI=1S/C14H15ClN4O/c1-19(2)14(20)18-13(12-9-16-7-8-17-12)10-3-5-11(15)6-4-10/h3-9,13H,1-2H3,(H,18,20). The number of nitrogens with one attached hydrogen (secondary N) is 1. The van der Waals surface area contributed by atoms with Gasteiger partial charge in [0.1, 0.15) is 0 Å². The number of rotatable bonds is 3. The molecule has 1 heterocycles. The maximum atomic E-state index is 11.9. The van der Waals surface area contributed by atoms with Crippen LogP contribution in [0.4, 0.5) is 4.79 Å². The van der Waals surface area contributed by atoms with Crippen LogP contribution in [0, 0.1) is 0 Å². The van der Waals surface area contributed by atoms with E-state index in [1.54, 1.807) is 44.8 Å². The molecule has 0 fully saturated rings. The van der Waals surface area contributed by atoms with Gasteiger partial charge in [0.15, 0.2) is 0 Å². The fraction of sp³-hybridized carbons (Fsp3) is 0.214. The second-order valence-electron chi connectivity index (χ2n) is 4.46. The first-order chi connectivity index (χ1) is 9.58. The SMILES string of the molecule is CN(C)C(=O)NC(c1ccc(Cl)cc1)c1cnccn1. The van der Waals surface area contributed by atoms with Crippen LogP contribution in [0.25, 0.3) is 0 Å². The van der Waals surface area contributed by atoms with Crippen LogP contribution in [0.15, 0.2) is 42.9 Å². The summed E-state index contributed by atoms with van der Waals surface area (Å²) < 4.78 is 0. The summed E-state index contributed by atoms with van der Waals surface area (Å²) in [6.07, 6.45) is 4.82. The zero-order valence-corrected chi connectivity index (χ0v) is 12.0. The van der Waals surface area contributed by atoms with Gasteiger partial charge in [0.25, 0.3) is 0 Å². The highest BCUT2D eigenvalue weighted by molar-refractivity contribution is 6.30. The molecule has 0 aliphatic rings. The molecular weight excluding hydrogens is 276 g/mol. The Morgan fingerprint density at radius 3 is 2.50 bits per heavy atom. The molecule has 1 N–H and O–H groups in total. The number of halogens is 1. The Hall–Kier alpha value is -2.14. The van der Waals surface area contributed by atoms with Crippen LogP contribution in [0.1, 0.15) is 17.3 Å². The first kappa shape index (κ1) is 14.3. The number of benzene rings is 1. The first-order valence-electron chi connectivity index (χ1n) is 6.07. The van der Waals surface area contributed by atoms with E-state index in [0.29, 0.717) is 10.7 Å². The smallest absolute Gasteiger partial charge is 0.317 e. The fourth-order valence-electron chi connectivity index (χ4n) is 1.70. The van der Waals surface area contributed by atoms with E-state index in [4.69, 9.17) is 11.6 Å². The molecule has 1 unspecified atom stereocenters. The van der Waals surface area contributed by atoms with E-state index in [0.717, 1.165) is 5.56 Å². The molecule has 2 aromatic rings. The molecule has 0 spiro atoms. The maximum Gasteiger partial charge on any atom is 0.317 e. The average Bonchev–Trinajstić information content (AvgIpc) is 2.46. The average molecular weight is 291 g/mol.